The summed E-state index contributed by atoms with van der Waals surface area (Å²) in [4.78, 5) is 31.0. The number of aromatic nitrogens is 1. The van der Waals surface area contributed by atoms with Crippen LogP contribution in [0.1, 0.15) is 28.3 Å². The summed E-state index contributed by atoms with van der Waals surface area (Å²) in [7, 11) is 0. The Morgan fingerprint density at radius 3 is 2.92 bits per heavy atom. The number of hydrogen-bond acceptors (Lipinski definition) is 4. The van der Waals surface area contributed by atoms with Crippen molar-refractivity contribution in [3.63, 3.8) is 0 Å². The van der Waals surface area contributed by atoms with Gasteiger partial charge in [0, 0.05) is 6.54 Å². The number of aryl methyl sites for hydroxylation is 1. The van der Waals surface area contributed by atoms with Gasteiger partial charge in [0.1, 0.15) is 17.6 Å². The molecule has 0 saturated carbocycles. The summed E-state index contributed by atoms with van der Waals surface area (Å²) in [6.07, 6.45) is 3.27. The van der Waals surface area contributed by atoms with Gasteiger partial charge >= 0.3 is 0 Å². The van der Waals surface area contributed by atoms with Crippen molar-refractivity contribution in [2.45, 2.75) is 25.8 Å². The first-order valence-corrected chi connectivity index (χ1v) is 8.46. The van der Waals surface area contributed by atoms with Crippen molar-refractivity contribution in [3.05, 3.63) is 47.2 Å². The highest BCUT2D eigenvalue weighted by atomic mass is 32.1. The summed E-state index contributed by atoms with van der Waals surface area (Å²) in [6.45, 7) is 2.24. The molecule has 1 aliphatic rings. The normalized spacial score (nSPS) is 17.8. The molecule has 1 aromatic carbocycles. The molecule has 3 rings (SSSR count). The molecule has 1 atom stereocenters. The number of halogens is 1. The first kappa shape index (κ1) is 16.6. The van der Waals surface area contributed by atoms with Crippen LogP contribution in [0.15, 0.2) is 24.3 Å². The van der Waals surface area contributed by atoms with Crippen molar-refractivity contribution < 1.29 is 14.0 Å². The van der Waals surface area contributed by atoms with Crippen molar-refractivity contribution >= 4 is 23.2 Å². The molecule has 1 unspecified atom stereocenters. The van der Waals surface area contributed by atoms with Crippen LogP contribution in [-0.4, -0.2) is 34.3 Å². The van der Waals surface area contributed by atoms with Crippen LogP contribution in [0.5, 0.6) is 0 Å². The predicted octanol–water partition coefficient (Wildman–Crippen LogP) is 2.55. The molecule has 24 heavy (non-hydrogen) atoms. The minimum absolute atomic E-state index is 0.240. The summed E-state index contributed by atoms with van der Waals surface area (Å²) >= 11 is 1.33. The van der Waals surface area contributed by atoms with Crippen LogP contribution in [-0.2, 0) is 4.79 Å². The molecule has 2 aromatic rings. The van der Waals surface area contributed by atoms with Gasteiger partial charge in [0.15, 0.2) is 0 Å². The minimum Gasteiger partial charge on any atom is -0.368 e. The Labute approximate surface area is 143 Å². The zero-order valence-corrected chi connectivity index (χ0v) is 14.0. The van der Waals surface area contributed by atoms with Gasteiger partial charge in [-0.15, -0.1) is 11.3 Å². The van der Waals surface area contributed by atoms with E-state index in [2.05, 4.69) is 4.98 Å². The summed E-state index contributed by atoms with van der Waals surface area (Å²) in [5.74, 6) is -1.28. The molecule has 0 bridgehead atoms. The van der Waals surface area contributed by atoms with Gasteiger partial charge in [0.05, 0.1) is 9.88 Å². The summed E-state index contributed by atoms with van der Waals surface area (Å²) in [5.41, 5.74) is 6.25. The highest BCUT2D eigenvalue weighted by molar-refractivity contribution is 7.15. The van der Waals surface area contributed by atoms with E-state index in [1.807, 2.05) is 0 Å². The lowest BCUT2D eigenvalue weighted by Gasteiger charge is -2.33. The number of nitrogens with zero attached hydrogens (tertiary/aromatic N) is 2. The average molecular weight is 346 g/mol. The van der Waals surface area contributed by atoms with Crippen molar-refractivity contribution in [1.82, 2.24) is 9.88 Å². The largest absolute Gasteiger partial charge is 0.368 e. The fraction of sp³-hybridized carbons (Fsp3) is 0.294. The van der Waals surface area contributed by atoms with Crippen LogP contribution >= 0.6 is 11.3 Å². The van der Waals surface area contributed by atoms with Crippen LogP contribution in [0.3, 0.4) is 0 Å². The highest BCUT2D eigenvalue weighted by Crippen LogP contribution is 2.32. The lowest BCUT2D eigenvalue weighted by atomic mass is 10.0. The van der Waals surface area contributed by atoms with E-state index in [0.29, 0.717) is 22.0 Å². The van der Waals surface area contributed by atoms with Gasteiger partial charge in [-0.05, 0) is 43.9 Å². The van der Waals surface area contributed by atoms with Gasteiger partial charge in [-0.1, -0.05) is 12.1 Å². The van der Waals surface area contributed by atoms with Gasteiger partial charge < -0.3 is 10.6 Å². The van der Waals surface area contributed by atoms with Crippen LogP contribution in [0.4, 0.5) is 4.39 Å². The van der Waals surface area contributed by atoms with E-state index in [9.17, 15) is 14.0 Å². The van der Waals surface area contributed by atoms with Gasteiger partial charge in [-0.3, -0.25) is 9.59 Å². The smallest absolute Gasteiger partial charge is 0.274 e. The van der Waals surface area contributed by atoms with Crippen LogP contribution in [0, 0.1) is 19.2 Å². The number of nitrogens with two attached hydrogens (primary N) is 1. The van der Waals surface area contributed by atoms with Crippen LogP contribution in [0.25, 0.3) is 10.4 Å². The SMILES string of the molecule is Cc1nc(C(=O)N2CCC[CH]C2C(N)=O)c(-c2cccc(F)c2)s1. The Hall–Kier alpha value is -2.28. The first-order chi connectivity index (χ1) is 11.5. The number of carbonyl (C=O) groups excluding carboxylic acids is 2. The quantitative estimate of drug-likeness (QED) is 0.928. The molecule has 2 heterocycles. The number of primary amides is 1. The van der Waals surface area contributed by atoms with Crippen LogP contribution < -0.4 is 5.73 Å². The number of likely N-dealkylation sites (tertiary alicyclic amines) is 1. The summed E-state index contributed by atoms with van der Waals surface area (Å²) in [6, 6.07) is 5.32. The maximum atomic E-state index is 13.5. The molecule has 2 amide bonds. The molecular weight excluding hydrogens is 329 g/mol. The van der Waals surface area contributed by atoms with Gasteiger partial charge in [-0.2, -0.15) is 0 Å². The van der Waals surface area contributed by atoms with E-state index in [1.54, 1.807) is 25.5 Å². The Kier molecular flexibility index (Phi) is 4.62. The van der Waals surface area contributed by atoms with Crippen molar-refractivity contribution in [2.75, 3.05) is 6.54 Å². The van der Waals surface area contributed by atoms with Gasteiger partial charge in [0.25, 0.3) is 5.91 Å². The zero-order chi connectivity index (χ0) is 17.3. The average Bonchev–Trinajstić information content (AvgIpc) is 2.96. The third-order valence-corrected chi connectivity index (χ3v) is 4.92. The molecule has 1 fully saturated rings. The maximum Gasteiger partial charge on any atom is 0.274 e. The number of hydrogen-bond donors (Lipinski definition) is 1. The summed E-state index contributed by atoms with van der Waals surface area (Å²) < 4.78 is 13.5. The Morgan fingerprint density at radius 2 is 2.21 bits per heavy atom. The molecule has 1 aliphatic heterocycles. The molecule has 2 N–H and O–H groups in total. The third-order valence-electron chi connectivity index (χ3n) is 3.90. The van der Waals surface area contributed by atoms with E-state index in [4.69, 9.17) is 5.73 Å². The topological polar surface area (TPSA) is 76.3 Å². The zero-order valence-electron chi connectivity index (χ0n) is 13.2. The molecule has 1 aromatic heterocycles. The molecule has 0 spiro atoms. The van der Waals surface area contributed by atoms with Crippen molar-refractivity contribution in [2.24, 2.45) is 5.73 Å². The van der Waals surface area contributed by atoms with Gasteiger partial charge in [-0.25, -0.2) is 9.37 Å². The Balaban J connectivity index is 2.00. The van der Waals surface area contributed by atoms with Crippen LogP contribution in [0.2, 0.25) is 0 Å². The highest BCUT2D eigenvalue weighted by Gasteiger charge is 2.34. The molecule has 7 heteroatoms. The molecule has 0 aliphatic carbocycles. The molecular formula is C17H17FN3O2S. The van der Waals surface area contributed by atoms with E-state index >= 15 is 0 Å². The molecule has 1 radical (unpaired) electrons. The molecule has 1 saturated heterocycles. The number of amides is 2. The Bertz CT molecular complexity index is 790. The fourth-order valence-electron chi connectivity index (χ4n) is 2.83. The van der Waals surface area contributed by atoms with E-state index in [0.717, 1.165) is 12.8 Å². The lowest BCUT2D eigenvalue weighted by molar-refractivity contribution is -0.121. The van der Waals surface area contributed by atoms with E-state index in [-0.39, 0.29) is 17.4 Å². The fourth-order valence-corrected chi connectivity index (χ4v) is 3.74. The second-order valence-corrected chi connectivity index (χ2v) is 6.85. The molecule has 5 nitrogen and oxygen atoms in total. The number of piperidine rings is 1. The number of thiazole rings is 1. The van der Waals surface area contributed by atoms with Crippen molar-refractivity contribution in [1.29, 1.82) is 0 Å². The maximum absolute atomic E-state index is 13.5. The monoisotopic (exact) mass is 346 g/mol. The van der Waals surface area contributed by atoms with E-state index < -0.39 is 11.9 Å². The molecule has 125 valence electrons. The number of rotatable bonds is 3. The number of carbonyl (C=O) groups is 2. The standard InChI is InChI=1S/C17H17FN3O2S/c1-10-20-14(15(24-10)11-5-4-6-12(18)9-11)17(23)21-8-3-2-7-13(21)16(19)22/h4-7,9,13H,2-3,8H2,1H3,(H2,19,22). The number of benzene rings is 1. The van der Waals surface area contributed by atoms with Gasteiger partial charge in [0.2, 0.25) is 5.91 Å². The second kappa shape index (κ2) is 6.68. The minimum atomic E-state index is -0.728. The predicted molar refractivity (Wildman–Crippen MR) is 89.8 cm³/mol. The Morgan fingerprint density at radius 1 is 1.42 bits per heavy atom. The van der Waals surface area contributed by atoms with Crippen molar-refractivity contribution in [3.8, 4) is 10.4 Å². The second-order valence-electron chi connectivity index (χ2n) is 5.64. The van der Waals surface area contributed by atoms with E-state index in [1.165, 1.54) is 28.4 Å². The first-order valence-electron chi connectivity index (χ1n) is 7.64. The summed E-state index contributed by atoms with van der Waals surface area (Å²) in [5, 5.41) is 0.703. The lowest BCUT2D eigenvalue weighted by Crippen LogP contribution is -2.51. The third kappa shape index (κ3) is 3.17.